The monoisotopic (exact) mass is 324 g/mol. The van der Waals surface area contributed by atoms with Gasteiger partial charge in [-0.25, -0.2) is 21.9 Å². The van der Waals surface area contributed by atoms with Crippen molar-refractivity contribution < 1.29 is 21.9 Å². The highest BCUT2D eigenvalue weighted by atomic mass is 32.2. The van der Waals surface area contributed by atoms with Crippen LogP contribution in [0.2, 0.25) is 0 Å². The summed E-state index contributed by atoms with van der Waals surface area (Å²) in [5.41, 5.74) is 4.86. The predicted octanol–water partition coefficient (Wildman–Crippen LogP) is 0.107. The lowest BCUT2D eigenvalue weighted by Gasteiger charge is -2.22. The van der Waals surface area contributed by atoms with Gasteiger partial charge in [-0.15, -0.1) is 0 Å². The molecule has 0 bridgehead atoms. The van der Waals surface area contributed by atoms with Crippen molar-refractivity contribution in [1.82, 2.24) is 14.5 Å². The highest BCUT2D eigenvalue weighted by Gasteiger charge is 2.30. The molecule has 10 heteroatoms. The van der Waals surface area contributed by atoms with E-state index in [1.807, 2.05) is 4.72 Å². The Morgan fingerprint density at radius 1 is 1.48 bits per heavy atom. The molecule has 1 aromatic rings. The second-order valence-corrected chi connectivity index (χ2v) is 6.65. The van der Waals surface area contributed by atoms with Crippen LogP contribution in [0.3, 0.4) is 0 Å². The van der Waals surface area contributed by atoms with Crippen LogP contribution in [0.15, 0.2) is 17.3 Å². The molecule has 1 fully saturated rings. The van der Waals surface area contributed by atoms with Crippen molar-refractivity contribution in [1.29, 1.82) is 0 Å². The first-order valence-corrected chi connectivity index (χ1v) is 8.02. The number of hydrogen-bond acceptors (Lipinski definition) is 5. The topological polar surface area (TPSA) is 99.2 Å². The number of ether oxygens (including phenoxy) is 1. The number of sulfonamides is 1. The van der Waals surface area contributed by atoms with E-state index in [1.54, 1.807) is 0 Å². The van der Waals surface area contributed by atoms with E-state index in [0.717, 1.165) is 19.0 Å². The van der Waals surface area contributed by atoms with Gasteiger partial charge in [0.2, 0.25) is 10.0 Å². The molecule has 0 spiro atoms. The summed E-state index contributed by atoms with van der Waals surface area (Å²) >= 11 is 0. The van der Waals surface area contributed by atoms with Gasteiger partial charge >= 0.3 is 0 Å². The number of nitrogens with one attached hydrogen (secondary N) is 1. The molecule has 1 aliphatic heterocycles. The quantitative estimate of drug-likeness (QED) is 0.773. The molecule has 2 rings (SSSR count). The van der Waals surface area contributed by atoms with Crippen molar-refractivity contribution in [2.75, 3.05) is 26.3 Å². The zero-order valence-corrected chi connectivity index (χ0v) is 12.2. The van der Waals surface area contributed by atoms with Crippen LogP contribution in [0.5, 0.6) is 0 Å². The van der Waals surface area contributed by atoms with Gasteiger partial charge in [-0.3, -0.25) is 4.68 Å². The third-order valence-corrected chi connectivity index (χ3v) is 4.63. The lowest BCUT2D eigenvalue weighted by Crippen LogP contribution is -2.41. The predicted molar refractivity (Wildman–Crippen MR) is 70.5 cm³/mol. The smallest absolute Gasteiger partial charge is 0.273 e. The summed E-state index contributed by atoms with van der Waals surface area (Å²) < 4.78 is 58.5. The maximum absolute atomic E-state index is 13.0. The van der Waals surface area contributed by atoms with E-state index < -0.39 is 29.0 Å². The highest BCUT2D eigenvalue weighted by Crippen LogP contribution is 2.21. The molecule has 3 N–H and O–H groups in total. The largest absolute Gasteiger partial charge is 0.381 e. The Hall–Kier alpha value is -1.10. The molecule has 1 aromatic heterocycles. The Balaban J connectivity index is 2.05. The van der Waals surface area contributed by atoms with Crippen LogP contribution in [0.1, 0.15) is 18.9 Å². The van der Waals surface area contributed by atoms with Gasteiger partial charge in [0.1, 0.15) is 4.90 Å². The zero-order chi connectivity index (χ0) is 15.5. The number of alkyl halides is 2. The van der Waals surface area contributed by atoms with Crippen molar-refractivity contribution in [3.8, 4) is 0 Å². The molecule has 21 heavy (non-hydrogen) atoms. The Bertz CT molecular complexity index is 570. The summed E-state index contributed by atoms with van der Waals surface area (Å²) in [6, 6.07) is 0.0631. The Labute approximate surface area is 121 Å². The summed E-state index contributed by atoms with van der Waals surface area (Å²) in [6.07, 6.45) is 3.97. The van der Waals surface area contributed by atoms with Crippen LogP contribution >= 0.6 is 0 Å². The van der Waals surface area contributed by atoms with Crippen LogP contribution in [-0.2, 0) is 14.8 Å². The number of aromatic nitrogens is 2. The van der Waals surface area contributed by atoms with Gasteiger partial charge < -0.3 is 10.5 Å². The lowest BCUT2D eigenvalue weighted by atomic mass is 10.1. The van der Waals surface area contributed by atoms with E-state index >= 15 is 0 Å². The number of nitrogens with two attached hydrogens (primary N) is 1. The fourth-order valence-electron chi connectivity index (χ4n) is 1.96. The Morgan fingerprint density at radius 3 is 2.76 bits per heavy atom. The van der Waals surface area contributed by atoms with Gasteiger partial charge in [-0.2, -0.15) is 5.10 Å². The summed E-state index contributed by atoms with van der Waals surface area (Å²) in [6.45, 7) is -0.772. The molecule has 0 unspecified atom stereocenters. The van der Waals surface area contributed by atoms with Gasteiger partial charge in [0.05, 0.1) is 25.3 Å². The van der Waals surface area contributed by atoms with E-state index in [9.17, 15) is 17.2 Å². The van der Waals surface area contributed by atoms with Gasteiger partial charge in [0, 0.05) is 19.4 Å². The fourth-order valence-corrected chi connectivity index (χ4v) is 2.97. The van der Waals surface area contributed by atoms with Crippen molar-refractivity contribution in [2.24, 2.45) is 5.73 Å². The molecule has 0 saturated carbocycles. The molecular formula is C11H18F2N4O3S. The molecule has 0 aromatic carbocycles. The van der Waals surface area contributed by atoms with E-state index in [2.05, 4.69) is 5.10 Å². The molecule has 7 nitrogen and oxygen atoms in total. The minimum Gasteiger partial charge on any atom is -0.381 e. The molecule has 1 saturated heterocycles. The van der Waals surface area contributed by atoms with E-state index in [1.165, 1.54) is 10.9 Å². The Kier molecular flexibility index (Phi) is 4.91. The second kappa shape index (κ2) is 6.34. The van der Waals surface area contributed by atoms with E-state index in [-0.39, 0.29) is 10.9 Å². The summed E-state index contributed by atoms with van der Waals surface area (Å²) in [7, 11) is -4.02. The maximum atomic E-state index is 13.0. The fraction of sp³-hybridized carbons (Fsp3) is 0.727. The third kappa shape index (κ3) is 4.19. The molecular weight excluding hydrogens is 306 g/mol. The molecule has 1 aliphatic rings. The first kappa shape index (κ1) is 16.3. The second-order valence-electron chi connectivity index (χ2n) is 4.88. The Morgan fingerprint density at radius 2 is 2.14 bits per heavy atom. The van der Waals surface area contributed by atoms with Crippen molar-refractivity contribution in [2.45, 2.75) is 29.7 Å². The summed E-state index contributed by atoms with van der Waals surface area (Å²) in [5.74, 6) is -3.27. The number of halogens is 2. The zero-order valence-electron chi connectivity index (χ0n) is 11.3. The average molecular weight is 324 g/mol. The standard InChI is InChI=1S/C11H18F2N4O3S/c12-11(13,7-14)8-16-21(18,19)10-5-15-17(6-10)9-1-3-20-4-2-9/h5-6,9,16H,1-4,7-8,14H2. The number of rotatable bonds is 6. The normalized spacial score (nSPS) is 18.0. The van der Waals surface area contributed by atoms with Gasteiger partial charge in [-0.1, -0.05) is 0 Å². The van der Waals surface area contributed by atoms with Crippen molar-refractivity contribution in [3.63, 3.8) is 0 Å². The van der Waals surface area contributed by atoms with E-state index in [4.69, 9.17) is 10.5 Å². The van der Waals surface area contributed by atoms with Crippen molar-refractivity contribution >= 4 is 10.0 Å². The summed E-state index contributed by atoms with van der Waals surface area (Å²) in [4.78, 5) is -0.137. The summed E-state index contributed by atoms with van der Waals surface area (Å²) in [5, 5.41) is 4.00. The molecule has 0 radical (unpaired) electrons. The van der Waals surface area contributed by atoms with Gasteiger partial charge in [0.15, 0.2) is 0 Å². The van der Waals surface area contributed by atoms with Crippen LogP contribution in [0, 0.1) is 0 Å². The van der Waals surface area contributed by atoms with Gasteiger partial charge in [0.25, 0.3) is 5.92 Å². The molecule has 120 valence electrons. The third-order valence-electron chi connectivity index (χ3n) is 3.27. The minimum atomic E-state index is -4.02. The molecule has 0 atom stereocenters. The number of hydrogen-bond donors (Lipinski definition) is 2. The van der Waals surface area contributed by atoms with Crippen LogP contribution in [0.25, 0.3) is 0 Å². The van der Waals surface area contributed by atoms with Crippen LogP contribution in [-0.4, -0.2) is 50.4 Å². The van der Waals surface area contributed by atoms with Crippen LogP contribution < -0.4 is 10.5 Å². The minimum absolute atomic E-state index is 0.0631. The first-order chi connectivity index (χ1) is 9.84. The SMILES string of the molecule is NCC(F)(F)CNS(=O)(=O)c1cnn(C2CCOCC2)c1. The number of nitrogens with zero attached hydrogens (tertiary/aromatic N) is 2. The van der Waals surface area contributed by atoms with Crippen molar-refractivity contribution in [3.05, 3.63) is 12.4 Å². The average Bonchev–Trinajstić information content (AvgIpc) is 2.97. The molecule has 2 heterocycles. The maximum Gasteiger partial charge on any atom is 0.273 e. The first-order valence-electron chi connectivity index (χ1n) is 6.53. The lowest BCUT2D eigenvalue weighted by molar-refractivity contribution is 0.0170. The molecule has 0 amide bonds. The van der Waals surface area contributed by atoms with Gasteiger partial charge in [-0.05, 0) is 12.8 Å². The van der Waals surface area contributed by atoms with E-state index in [0.29, 0.717) is 13.2 Å². The molecule has 0 aliphatic carbocycles. The highest BCUT2D eigenvalue weighted by molar-refractivity contribution is 7.89. The van der Waals surface area contributed by atoms with Crippen LogP contribution in [0.4, 0.5) is 8.78 Å².